The molecule has 3 rings (SSSR count). The van der Waals surface area contributed by atoms with Crippen LogP contribution in [0.4, 0.5) is 0 Å². The smallest absolute Gasteiger partial charge is 0.277 e. The van der Waals surface area contributed by atoms with Gasteiger partial charge in [0.05, 0.1) is 30.2 Å². The van der Waals surface area contributed by atoms with Gasteiger partial charge in [-0.2, -0.15) is 5.10 Å². The van der Waals surface area contributed by atoms with Crippen LogP contribution in [0.3, 0.4) is 0 Å². The van der Waals surface area contributed by atoms with E-state index in [-0.39, 0.29) is 29.4 Å². The summed E-state index contributed by atoms with van der Waals surface area (Å²) in [6.45, 7) is 4.86. The molecule has 3 aromatic rings. The first-order valence-corrected chi connectivity index (χ1v) is 12.0. The average molecular weight is 525 g/mol. The summed E-state index contributed by atoms with van der Waals surface area (Å²) in [5.41, 5.74) is 3.21. The molecule has 0 saturated heterocycles. The number of amides is 1. The van der Waals surface area contributed by atoms with Crippen LogP contribution in [0.5, 0.6) is 17.2 Å². The molecule has 0 atom stereocenters. The van der Waals surface area contributed by atoms with E-state index in [2.05, 4.69) is 20.7 Å². The lowest BCUT2D eigenvalue weighted by atomic mass is 10.2. The molecular formula is C22H22Cl2N4O5S. The minimum absolute atomic E-state index is 0.0250. The van der Waals surface area contributed by atoms with Crippen LogP contribution >= 0.6 is 35.0 Å². The molecule has 0 aliphatic carbocycles. The zero-order valence-corrected chi connectivity index (χ0v) is 20.7. The quantitative estimate of drug-likeness (QED) is 0.200. The summed E-state index contributed by atoms with van der Waals surface area (Å²) in [4.78, 5) is 12.1. The van der Waals surface area contributed by atoms with Crippen LogP contribution in [0.1, 0.15) is 25.3 Å². The number of aromatic nitrogens is 2. The fourth-order valence-corrected chi connectivity index (χ4v) is 3.61. The van der Waals surface area contributed by atoms with Crippen molar-refractivity contribution in [2.24, 2.45) is 5.10 Å². The van der Waals surface area contributed by atoms with Crippen LogP contribution in [0.15, 0.2) is 51.1 Å². The third-order valence-corrected chi connectivity index (χ3v) is 5.34. The van der Waals surface area contributed by atoms with Crippen molar-refractivity contribution in [3.05, 3.63) is 57.9 Å². The zero-order chi connectivity index (χ0) is 24.3. The minimum atomic E-state index is -0.332. The van der Waals surface area contributed by atoms with E-state index in [0.29, 0.717) is 40.5 Å². The van der Waals surface area contributed by atoms with Crippen molar-refractivity contribution in [2.75, 3.05) is 19.0 Å². The normalized spacial score (nSPS) is 10.9. The largest absolute Gasteiger partial charge is 0.490 e. The summed E-state index contributed by atoms with van der Waals surface area (Å²) < 4.78 is 22.1. The fraction of sp³-hybridized carbons (Fsp3) is 0.273. The van der Waals surface area contributed by atoms with E-state index in [1.165, 1.54) is 6.21 Å². The van der Waals surface area contributed by atoms with Gasteiger partial charge in [0.15, 0.2) is 18.1 Å². The molecule has 0 unspecified atom stereocenters. The molecular weight excluding hydrogens is 503 g/mol. The van der Waals surface area contributed by atoms with Gasteiger partial charge in [-0.15, -0.1) is 10.2 Å². The Bertz CT molecular complexity index is 1140. The summed E-state index contributed by atoms with van der Waals surface area (Å²) in [5, 5.41) is 12.8. The van der Waals surface area contributed by atoms with Crippen LogP contribution in [0.2, 0.25) is 10.0 Å². The predicted molar refractivity (Wildman–Crippen MR) is 130 cm³/mol. The number of nitrogens with one attached hydrogen (secondary N) is 1. The standard InChI is InChI=1S/C22H22Cl2N4O5S/c1-3-30-18-7-5-14(9-19(18)31-4-2)11-25-26-20(29)13-34-22-28-27-21(33-22)12-32-17-8-6-15(23)10-16(17)24/h5-11H,3-4,12-13H2,1-2H3,(H,26,29)/b25-11-. The molecule has 1 N–H and O–H groups in total. The predicted octanol–water partition coefficient (Wildman–Crippen LogP) is 5.00. The Morgan fingerprint density at radius 2 is 1.82 bits per heavy atom. The Labute approximate surface area is 210 Å². The van der Waals surface area contributed by atoms with Crippen molar-refractivity contribution < 1.29 is 23.4 Å². The number of carbonyl (C=O) groups excluding carboxylic acids is 1. The topological polar surface area (TPSA) is 108 Å². The highest BCUT2D eigenvalue weighted by Gasteiger charge is 2.11. The molecule has 180 valence electrons. The lowest BCUT2D eigenvalue weighted by Gasteiger charge is -2.11. The van der Waals surface area contributed by atoms with Gasteiger partial charge in [-0.3, -0.25) is 4.79 Å². The maximum Gasteiger partial charge on any atom is 0.277 e. The Morgan fingerprint density at radius 3 is 2.59 bits per heavy atom. The van der Waals surface area contributed by atoms with E-state index in [0.717, 1.165) is 17.3 Å². The molecule has 0 aliphatic rings. The lowest BCUT2D eigenvalue weighted by molar-refractivity contribution is -0.118. The van der Waals surface area contributed by atoms with Gasteiger partial charge >= 0.3 is 0 Å². The van der Waals surface area contributed by atoms with E-state index in [1.54, 1.807) is 30.3 Å². The van der Waals surface area contributed by atoms with Crippen molar-refractivity contribution in [1.29, 1.82) is 0 Å². The summed E-state index contributed by atoms with van der Waals surface area (Å²) in [5.74, 6) is 1.66. The molecule has 0 bridgehead atoms. The molecule has 0 aliphatic heterocycles. The number of ether oxygens (including phenoxy) is 3. The van der Waals surface area contributed by atoms with E-state index in [9.17, 15) is 4.79 Å². The van der Waals surface area contributed by atoms with E-state index in [4.69, 9.17) is 41.8 Å². The number of nitrogens with zero attached hydrogens (tertiary/aromatic N) is 3. The highest BCUT2D eigenvalue weighted by molar-refractivity contribution is 7.99. The molecule has 34 heavy (non-hydrogen) atoms. The number of thioether (sulfide) groups is 1. The number of rotatable bonds is 12. The van der Waals surface area contributed by atoms with Crippen LogP contribution in [0.25, 0.3) is 0 Å². The second-order valence-electron chi connectivity index (χ2n) is 6.48. The van der Waals surface area contributed by atoms with Gasteiger partial charge in [-0.25, -0.2) is 5.43 Å². The van der Waals surface area contributed by atoms with E-state index in [1.807, 2.05) is 19.9 Å². The second-order valence-corrected chi connectivity index (χ2v) is 8.25. The lowest BCUT2D eigenvalue weighted by Crippen LogP contribution is -2.19. The fourth-order valence-electron chi connectivity index (χ4n) is 2.57. The number of hydrazone groups is 1. The molecule has 2 aromatic carbocycles. The number of carbonyl (C=O) groups is 1. The van der Waals surface area contributed by atoms with Crippen LogP contribution < -0.4 is 19.6 Å². The van der Waals surface area contributed by atoms with Crippen molar-refractivity contribution in [2.45, 2.75) is 25.7 Å². The van der Waals surface area contributed by atoms with Crippen molar-refractivity contribution >= 4 is 47.1 Å². The van der Waals surface area contributed by atoms with E-state index >= 15 is 0 Å². The first kappa shape index (κ1) is 25.7. The van der Waals surface area contributed by atoms with Gasteiger partial charge in [0.1, 0.15) is 5.75 Å². The van der Waals surface area contributed by atoms with Gasteiger partial charge in [0, 0.05) is 5.02 Å². The van der Waals surface area contributed by atoms with Crippen LogP contribution in [0, 0.1) is 0 Å². The molecule has 1 aromatic heterocycles. The van der Waals surface area contributed by atoms with Gasteiger partial charge in [-0.05, 0) is 55.8 Å². The molecule has 0 spiro atoms. The highest BCUT2D eigenvalue weighted by Crippen LogP contribution is 2.29. The Kier molecular flexibility index (Phi) is 9.87. The van der Waals surface area contributed by atoms with Gasteiger partial charge in [-0.1, -0.05) is 35.0 Å². The van der Waals surface area contributed by atoms with Gasteiger partial charge in [0.2, 0.25) is 0 Å². The van der Waals surface area contributed by atoms with Crippen molar-refractivity contribution in [1.82, 2.24) is 15.6 Å². The minimum Gasteiger partial charge on any atom is -0.490 e. The molecule has 0 fully saturated rings. The third kappa shape index (κ3) is 7.82. The van der Waals surface area contributed by atoms with Gasteiger partial charge in [0.25, 0.3) is 17.0 Å². The SMILES string of the molecule is CCOc1ccc(/C=N\NC(=O)CSc2nnc(COc3ccc(Cl)cc3Cl)o2)cc1OCC. The Morgan fingerprint density at radius 1 is 1.06 bits per heavy atom. The Hall–Kier alpha value is -2.95. The van der Waals surface area contributed by atoms with Crippen molar-refractivity contribution in [3.63, 3.8) is 0 Å². The molecule has 1 heterocycles. The maximum absolute atomic E-state index is 12.1. The second kappa shape index (κ2) is 13.1. The highest BCUT2D eigenvalue weighted by atomic mass is 35.5. The molecule has 9 nitrogen and oxygen atoms in total. The average Bonchev–Trinajstić information content (AvgIpc) is 3.27. The summed E-state index contributed by atoms with van der Waals surface area (Å²) in [7, 11) is 0. The summed E-state index contributed by atoms with van der Waals surface area (Å²) in [6.07, 6.45) is 1.52. The van der Waals surface area contributed by atoms with Crippen LogP contribution in [-0.4, -0.2) is 41.3 Å². The molecule has 0 saturated carbocycles. The summed E-state index contributed by atoms with van der Waals surface area (Å²) in [6, 6.07) is 10.3. The number of halogens is 2. The maximum atomic E-state index is 12.1. The first-order chi connectivity index (χ1) is 16.5. The first-order valence-electron chi connectivity index (χ1n) is 10.2. The van der Waals surface area contributed by atoms with Crippen molar-refractivity contribution in [3.8, 4) is 17.2 Å². The number of hydrogen-bond donors (Lipinski definition) is 1. The monoisotopic (exact) mass is 524 g/mol. The number of hydrogen-bond acceptors (Lipinski definition) is 9. The van der Waals surface area contributed by atoms with Crippen LogP contribution in [-0.2, 0) is 11.4 Å². The molecule has 12 heteroatoms. The molecule has 1 amide bonds. The van der Waals surface area contributed by atoms with Gasteiger partial charge < -0.3 is 18.6 Å². The van der Waals surface area contributed by atoms with E-state index < -0.39 is 0 Å². The summed E-state index contributed by atoms with van der Waals surface area (Å²) >= 11 is 13.0. The Balaban J connectivity index is 1.45. The zero-order valence-electron chi connectivity index (χ0n) is 18.4. The number of benzene rings is 2. The molecule has 0 radical (unpaired) electrons. The third-order valence-electron chi connectivity index (χ3n) is 3.99.